The van der Waals surface area contributed by atoms with Crippen molar-refractivity contribution in [2.75, 3.05) is 23.8 Å². The minimum Gasteiger partial charge on any atom is -0.388 e. The van der Waals surface area contributed by atoms with Gasteiger partial charge in [-0.3, -0.25) is 4.79 Å². The average Bonchev–Trinajstić information content (AvgIpc) is 2.78. The third-order valence-electron chi connectivity index (χ3n) is 4.46. The van der Waals surface area contributed by atoms with Gasteiger partial charge in [-0.05, 0) is 38.0 Å². The molecule has 122 valence electrons. The Morgan fingerprint density at radius 2 is 2.00 bits per heavy atom. The van der Waals surface area contributed by atoms with E-state index in [1.54, 1.807) is 0 Å². The molecule has 0 aromatic carbocycles. The first-order valence-corrected chi connectivity index (χ1v) is 10.5. The van der Waals surface area contributed by atoms with Crippen LogP contribution in [0.1, 0.15) is 39.0 Å². The van der Waals surface area contributed by atoms with Crippen molar-refractivity contribution in [3.8, 4) is 0 Å². The van der Waals surface area contributed by atoms with Crippen molar-refractivity contribution < 1.29 is 18.3 Å². The lowest BCUT2D eigenvalue weighted by Crippen LogP contribution is -2.45. The molecule has 1 unspecified atom stereocenters. The maximum Gasteiger partial charge on any atom is 0.230 e. The molecule has 0 aromatic heterocycles. The molecule has 2 rings (SSSR count). The summed E-state index contributed by atoms with van der Waals surface area (Å²) in [4.78, 5) is 11.8. The van der Waals surface area contributed by atoms with E-state index in [-0.39, 0.29) is 28.4 Å². The fraction of sp³-hybridized carbons (Fsp3) is 0.929. The first kappa shape index (κ1) is 17.1. The van der Waals surface area contributed by atoms with Crippen LogP contribution in [0, 0.1) is 5.92 Å². The molecule has 21 heavy (non-hydrogen) atoms. The van der Waals surface area contributed by atoms with Crippen molar-refractivity contribution in [1.82, 2.24) is 5.32 Å². The Morgan fingerprint density at radius 1 is 1.33 bits per heavy atom. The molecule has 2 aliphatic rings. The molecule has 1 saturated heterocycles. The number of rotatable bonds is 5. The second-order valence-electron chi connectivity index (χ2n) is 6.52. The van der Waals surface area contributed by atoms with Gasteiger partial charge in [0.2, 0.25) is 5.91 Å². The molecule has 1 aliphatic heterocycles. The van der Waals surface area contributed by atoms with Crippen LogP contribution in [0.2, 0.25) is 0 Å². The van der Waals surface area contributed by atoms with Crippen molar-refractivity contribution >= 4 is 27.5 Å². The van der Waals surface area contributed by atoms with Crippen LogP contribution in [0.4, 0.5) is 0 Å². The van der Waals surface area contributed by atoms with Crippen LogP contribution in [0.3, 0.4) is 0 Å². The van der Waals surface area contributed by atoms with Gasteiger partial charge >= 0.3 is 0 Å². The summed E-state index contributed by atoms with van der Waals surface area (Å²) in [5, 5.41) is 13.2. The fourth-order valence-corrected chi connectivity index (χ4v) is 6.35. The van der Waals surface area contributed by atoms with Crippen LogP contribution >= 0.6 is 11.8 Å². The zero-order valence-electron chi connectivity index (χ0n) is 12.5. The number of carbonyl (C=O) groups excluding carboxylic acids is 1. The van der Waals surface area contributed by atoms with E-state index < -0.39 is 15.4 Å². The maximum atomic E-state index is 11.8. The second-order valence-corrected chi connectivity index (χ2v) is 10.0. The minimum atomic E-state index is -2.88. The molecular formula is C14H25NO4S2. The highest BCUT2D eigenvalue weighted by Crippen LogP contribution is 2.31. The summed E-state index contributed by atoms with van der Waals surface area (Å²) >= 11 is 1.41. The Balaban J connectivity index is 1.66. The Labute approximate surface area is 131 Å². The van der Waals surface area contributed by atoms with Crippen LogP contribution in [0.25, 0.3) is 0 Å². The van der Waals surface area contributed by atoms with E-state index >= 15 is 0 Å². The zero-order chi connectivity index (χ0) is 15.5. The number of amides is 1. The van der Waals surface area contributed by atoms with Crippen LogP contribution < -0.4 is 5.32 Å². The minimum absolute atomic E-state index is 0.0411. The summed E-state index contributed by atoms with van der Waals surface area (Å²) in [6.45, 7) is 2.49. The van der Waals surface area contributed by atoms with Gasteiger partial charge in [0.1, 0.15) is 0 Å². The van der Waals surface area contributed by atoms with Crippen LogP contribution in [-0.2, 0) is 14.6 Å². The summed E-state index contributed by atoms with van der Waals surface area (Å²) in [7, 11) is -2.88. The van der Waals surface area contributed by atoms with Crippen LogP contribution in [0.5, 0.6) is 0 Å². The summed E-state index contributed by atoms with van der Waals surface area (Å²) in [6.07, 6.45) is 4.12. The van der Waals surface area contributed by atoms with Crippen LogP contribution in [0.15, 0.2) is 0 Å². The highest BCUT2D eigenvalue weighted by atomic mass is 32.2. The number of carbonyl (C=O) groups is 1. The molecular weight excluding hydrogens is 310 g/mol. The van der Waals surface area contributed by atoms with Gasteiger partial charge < -0.3 is 10.4 Å². The summed E-state index contributed by atoms with van der Waals surface area (Å²) in [6, 6.07) is 0. The Bertz CT molecular complexity index is 469. The Kier molecular flexibility index (Phi) is 5.59. The van der Waals surface area contributed by atoms with E-state index in [9.17, 15) is 18.3 Å². The predicted molar refractivity (Wildman–Crippen MR) is 85.1 cm³/mol. The molecule has 1 aliphatic carbocycles. The van der Waals surface area contributed by atoms with Gasteiger partial charge in [0.15, 0.2) is 9.84 Å². The topological polar surface area (TPSA) is 83.5 Å². The van der Waals surface area contributed by atoms with Crippen molar-refractivity contribution in [1.29, 1.82) is 0 Å². The standard InChI is InChI=1S/C14H25NO4S2/c1-11-2-5-14(17,6-3-11)10-15-13(16)8-20-12-4-7-21(18,19)9-12/h11-12,17H,2-10H2,1H3,(H,15,16). The molecule has 1 heterocycles. The SMILES string of the molecule is CC1CCC(O)(CNC(=O)CSC2CCS(=O)(=O)C2)CC1. The van der Waals surface area contributed by atoms with Crippen LogP contribution in [-0.4, -0.2) is 54.1 Å². The third kappa shape index (κ3) is 5.45. The quantitative estimate of drug-likeness (QED) is 0.782. The Morgan fingerprint density at radius 3 is 2.57 bits per heavy atom. The normalized spacial score (nSPS) is 35.5. The lowest BCUT2D eigenvalue weighted by molar-refractivity contribution is -0.120. The van der Waals surface area contributed by atoms with Gasteiger partial charge in [0.25, 0.3) is 0 Å². The molecule has 5 nitrogen and oxygen atoms in total. The van der Waals surface area contributed by atoms with Gasteiger partial charge in [-0.15, -0.1) is 11.8 Å². The largest absolute Gasteiger partial charge is 0.388 e. The molecule has 2 fully saturated rings. The lowest BCUT2D eigenvalue weighted by Gasteiger charge is -2.34. The number of nitrogens with one attached hydrogen (secondary N) is 1. The third-order valence-corrected chi connectivity index (χ3v) is 7.74. The molecule has 1 atom stereocenters. The summed E-state index contributed by atoms with van der Waals surface area (Å²) in [5.74, 6) is 1.24. The molecule has 0 bridgehead atoms. The van der Waals surface area contributed by atoms with Gasteiger partial charge in [-0.1, -0.05) is 6.92 Å². The molecule has 0 aromatic rings. The van der Waals surface area contributed by atoms with Gasteiger partial charge in [0, 0.05) is 11.8 Å². The van der Waals surface area contributed by atoms with E-state index in [1.165, 1.54) is 11.8 Å². The lowest BCUT2D eigenvalue weighted by atomic mass is 9.79. The molecule has 2 N–H and O–H groups in total. The van der Waals surface area contributed by atoms with Crippen molar-refractivity contribution in [2.45, 2.75) is 49.9 Å². The second kappa shape index (κ2) is 6.87. The zero-order valence-corrected chi connectivity index (χ0v) is 14.1. The molecule has 7 heteroatoms. The van der Waals surface area contributed by atoms with E-state index in [4.69, 9.17) is 0 Å². The molecule has 1 amide bonds. The molecule has 1 saturated carbocycles. The van der Waals surface area contributed by atoms with Gasteiger partial charge in [-0.25, -0.2) is 8.42 Å². The van der Waals surface area contributed by atoms with Crippen molar-refractivity contribution in [3.05, 3.63) is 0 Å². The monoisotopic (exact) mass is 335 g/mol. The van der Waals surface area contributed by atoms with E-state index in [2.05, 4.69) is 12.2 Å². The number of sulfone groups is 1. The Hall–Kier alpha value is -0.270. The van der Waals surface area contributed by atoms with E-state index in [0.717, 1.165) is 25.7 Å². The average molecular weight is 335 g/mol. The number of aliphatic hydroxyl groups is 1. The summed E-state index contributed by atoms with van der Waals surface area (Å²) in [5.41, 5.74) is -0.760. The first-order chi connectivity index (χ1) is 9.78. The first-order valence-electron chi connectivity index (χ1n) is 7.59. The van der Waals surface area contributed by atoms with Crippen molar-refractivity contribution in [2.24, 2.45) is 5.92 Å². The maximum absolute atomic E-state index is 11.8. The van der Waals surface area contributed by atoms with E-state index in [0.29, 0.717) is 18.9 Å². The van der Waals surface area contributed by atoms with Gasteiger partial charge in [0.05, 0.1) is 22.9 Å². The molecule has 0 spiro atoms. The highest BCUT2D eigenvalue weighted by Gasteiger charge is 2.32. The summed E-state index contributed by atoms with van der Waals surface area (Å²) < 4.78 is 22.7. The smallest absolute Gasteiger partial charge is 0.230 e. The van der Waals surface area contributed by atoms with E-state index in [1.807, 2.05) is 0 Å². The van der Waals surface area contributed by atoms with Gasteiger partial charge in [-0.2, -0.15) is 0 Å². The molecule has 0 radical (unpaired) electrons. The predicted octanol–water partition coefficient (Wildman–Crippen LogP) is 0.964. The highest BCUT2D eigenvalue weighted by molar-refractivity contribution is 8.02. The number of hydrogen-bond donors (Lipinski definition) is 2. The fourth-order valence-electron chi connectivity index (χ4n) is 2.88. The number of hydrogen-bond acceptors (Lipinski definition) is 5. The van der Waals surface area contributed by atoms with Crippen molar-refractivity contribution in [3.63, 3.8) is 0 Å². The number of thioether (sulfide) groups is 1.